The largest absolute Gasteiger partial charge is 0.504 e. The molecular formula is C19H16BrN3O3S. The molecular weight excluding hydrogens is 430 g/mol. The molecule has 2 heterocycles. The molecule has 1 aromatic heterocycles. The Kier molecular flexibility index (Phi) is 4.84. The number of phenolic OH excluding ortho intramolecular Hbond substituents is 1. The zero-order valence-electron chi connectivity index (χ0n) is 14.3. The first-order valence-electron chi connectivity index (χ1n) is 8.18. The van der Waals surface area contributed by atoms with E-state index in [0.717, 1.165) is 21.4 Å². The van der Waals surface area contributed by atoms with E-state index in [4.69, 9.17) is 4.74 Å². The van der Waals surface area contributed by atoms with E-state index in [2.05, 4.69) is 26.2 Å². The van der Waals surface area contributed by atoms with Crippen molar-refractivity contribution in [1.29, 1.82) is 0 Å². The summed E-state index contributed by atoms with van der Waals surface area (Å²) in [4.78, 5) is 16.6. The molecule has 0 spiro atoms. The Morgan fingerprint density at radius 1 is 1.33 bits per heavy atom. The second-order valence-electron chi connectivity index (χ2n) is 6.00. The number of benzene rings is 2. The molecule has 4 rings (SSSR count). The topological polar surface area (TPSA) is 76.4 Å². The summed E-state index contributed by atoms with van der Waals surface area (Å²) in [6.07, 6.45) is 1.70. The summed E-state index contributed by atoms with van der Waals surface area (Å²) in [7, 11) is 1.51. The van der Waals surface area contributed by atoms with Gasteiger partial charge in [-0.2, -0.15) is 0 Å². The minimum absolute atomic E-state index is 0.0641. The molecule has 0 fully saturated rings. The summed E-state index contributed by atoms with van der Waals surface area (Å²) in [5.41, 5.74) is 2.65. The Bertz CT molecular complexity index is 1020. The second kappa shape index (κ2) is 7.28. The number of hydrogen-bond acceptors (Lipinski definition) is 5. The maximum Gasteiger partial charge on any atom is 0.235 e. The molecule has 3 aromatic rings. The second-order valence-corrected chi connectivity index (χ2v) is 8.01. The molecule has 1 unspecified atom stereocenters. The minimum atomic E-state index is -0.183. The number of rotatable bonds is 3. The van der Waals surface area contributed by atoms with Crippen molar-refractivity contribution in [3.8, 4) is 17.2 Å². The maximum atomic E-state index is 12.1. The van der Waals surface area contributed by atoms with Crippen LogP contribution in [0.2, 0.25) is 0 Å². The number of aromatic hydroxyl groups is 1. The van der Waals surface area contributed by atoms with Gasteiger partial charge in [-0.05, 0) is 35.9 Å². The zero-order valence-corrected chi connectivity index (χ0v) is 16.8. The van der Waals surface area contributed by atoms with E-state index >= 15 is 0 Å². The molecule has 1 amide bonds. The quantitative estimate of drug-likeness (QED) is 0.633. The van der Waals surface area contributed by atoms with E-state index in [1.165, 1.54) is 18.9 Å². The molecule has 0 bridgehead atoms. The lowest BCUT2D eigenvalue weighted by atomic mass is 10.1. The molecule has 0 aliphatic carbocycles. The van der Waals surface area contributed by atoms with Gasteiger partial charge in [-0.15, -0.1) is 11.8 Å². The summed E-state index contributed by atoms with van der Waals surface area (Å²) in [5.74, 6) is 1.21. The fourth-order valence-corrected chi connectivity index (χ4v) is 4.57. The van der Waals surface area contributed by atoms with Crippen molar-refractivity contribution in [2.45, 2.75) is 5.25 Å². The number of hydrogen-bond donors (Lipinski definition) is 2. The first-order chi connectivity index (χ1) is 13.1. The van der Waals surface area contributed by atoms with Crippen LogP contribution in [0.25, 0.3) is 5.69 Å². The molecule has 0 radical (unpaired) electrons. The van der Waals surface area contributed by atoms with Gasteiger partial charge in [0, 0.05) is 10.2 Å². The monoisotopic (exact) mass is 445 g/mol. The number of amides is 1. The number of carbonyl (C=O) groups is 1. The Balaban J connectivity index is 1.87. The van der Waals surface area contributed by atoms with Crippen molar-refractivity contribution in [1.82, 2.24) is 9.55 Å². The predicted molar refractivity (Wildman–Crippen MR) is 109 cm³/mol. The lowest BCUT2D eigenvalue weighted by Gasteiger charge is -2.19. The summed E-state index contributed by atoms with van der Waals surface area (Å²) >= 11 is 4.99. The highest BCUT2D eigenvalue weighted by molar-refractivity contribution is 9.10. The molecule has 8 heteroatoms. The van der Waals surface area contributed by atoms with E-state index in [9.17, 15) is 9.90 Å². The number of phenols is 1. The van der Waals surface area contributed by atoms with E-state index in [1.807, 2.05) is 34.9 Å². The van der Waals surface area contributed by atoms with Crippen LogP contribution in [-0.4, -0.2) is 33.4 Å². The van der Waals surface area contributed by atoms with E-state index in [1.54, 1.807) is 18.5 Å². The Hall–Kier alpha value is -2.45. The predicted octanol–water partition coefficient (Wildman–Crippen LogP) is 4.12. The average molecular weight is 446 g/mol. The van der Waals surface area contributed by atoms with Gasteiger partial charge >= 0.3 is 0 Å². The number of ether oxygens (including phenoxy) is 1. The number of anilines is 1. The summed E-state index contributed by atoms with van der Waals surface area (Å²) < 4.78 is 8.06. The fraction of sp³-hybridized carbons (Fsp3) is 0.158. The number of methoxy groups -OCH3 is 1. The van der Waals surface area contributed by atoms with Crippen LogP contribution in [-0.2, 0) is 4.79 Å². The van der Waals surface area contributed by atoms with E-state index < -0.39 is 0 Å². The molecule has 2 N–H and O–H groups in total. The lowest BCUT2D eigenvalue weighted by molar-refractivity contribution is -0.113. The smallest absolute Gasteiger partial charge is 0.235 e. The number of nitrogens with zero attached hydrogens (tertiary/aromatic N) is 2. The highest BCUT2D eigenvalue weighted by Crippen LogP contribution is 2.44. The third-order valence-corrected chi connectivity index (χ3v) is 6.03. The third-order valence-electron chi connectivity index (χ3n) is 4.28. The van der Waals surface area contributed by atoms with Crippen LogP contribution in [0.5, 0.6) is 11.5 Å². The fourth-order valence-electron chi connectivity index (χ4n) is 3.07. The molecule has 1 aliphatic heterocycles. The Morgan fingerprint density at radius 3 is 2.93 bits per heavy atom. The van der Waals surface area contributed by atoms with Crippen LogP contribution < -0.4 is 10.1 Å². The highest BCUT2D eigenvalue weighted by atomic mass is 79.9. The van der Waals surface area contributed by atoms with Gasteiger partial charge < -0.3 is 15.2 Å². The summed E-state index contributed by atoms with van der Waals surface area (Å²) in [6.45, 7) is 0. The first kappa shape index (κ1) is 17.9. The van der Waals surface area contributed by atoms with E-state index in [-0.39, 0.29) is 16.9 Å². The molecule has 138 valence electrons. The molecule has 1 aliphatic rings. The van der Waals surface area contributed by atoms with Crippen LogP contribution in [0.4, 0.5) is 5.82 Å². The number of fused-ring (bicyclic) bond motifs is 1. The molecule has 0 saturated heterocycles. The first-order valence-corrected chi connectivity index (χ1v) is 10.0. The van der Waals surface area contributed by atoms with Crippen molar-refractivity contribution in [3.05, 3.63) is 64.5 Å². The van der Waals surface area contributed by atoms with Gasteiger partial charge in [-0.3, -0.25) is 9.36 Å². The van der Waals surface area contributed by atoms with Crippen molar-refractivity contribution >= 4 is 39.4 Å². The minimum Gasteiger partial charge on any atom is -0.504 e. The third kappa shape index (κ3) is 3.42. The number of imidazole rings is 1. The number of nitrogens with one attached hydrogen (secondary N) is 1. The van der Waals surface area contributed by atoms with Crippen LogP contribution in [0.15, 0.2) is 53.3 Å². The van der Waals surface area contributed by atoms with Gasteiger partial charge in [0.15, 0.2) is 17.3 Å². The van der Waals surface area contributed by atoms with Gasteiger partial charge in [0.1, 0.15) is 6.33 Å². The highest BCUT2D eigenvalue weighted by Gasteiger charge is 2.29. The summed E-state index contributed by atoms with van der Waals surface area (Å²) in [5, 5.41) is 12.9. The molecule has 2 aromatic carbocycles. The Labute approximate surface area is 168 Å². The van der Waals surface area contributed by atoms with E-state index in [0.29, 0.717) is 17.3 Å². The SMILES string of the molecule is COc1ccc(C2SCC(=O)Nc3ncn(-c4cccc(Br)c4)c32)cc1O. The Morgan fingerprint density at radius 2 is 2.19 bits per heavy atom. The number of halogens is 1. The van der Waals surface area contributed by atoms with Crippen LogP contribution in [0, 0.1) is 0 Å². The van der Waals surface area contributed by atoms with Crippen LogP contribution in [0.1, 0.15) is 16.5 Å². The van der Waals surface area contributed by atoms with Crippen LogP contribution in [0.3, 0.4) is 0 Å². The average Bonchev–Trinajstić information content (AvgIpc) is 2.98. The van der Waals surface area contributed by atoms with Crippen molar-refractivity contribution in [3.63, 3.8) is 0 Å². The van der Waals surface area contributed by atoms with Gasteiger partial charge in [-0.25, -0.2) is 4.98 Å². The lowest BCUT2D eigenvalue weighted by Crippen LogP contribution is -2.12. The number of aromatic nitrogens is 2. The van der Waals surface area contributed by atoms with Crippen molar-refractivity contribution < 1.29 is 14.6 Å². The molecule has 0 saturated carbocycles. The maximum absolute atomic E-state index is 12.1. The molecule has 27 heavy (non-hydrogen) atoms. The van der Waals surface area contributed by atoms with Crippen molar-refractivity contribution in [2.75, 3.05) is 18.2 Å². The normalized spacial score (nSPS) is 16.4. The number of thioether (sulfide) groups is 1. The van der Waals surface area contributed by atoms with Gasteiger partial charge in [0.2, 0.25) is 5.91 Å². The van der Waals surface area contributed by atoms with Crippen LogP contribution >= 0.6 is 27.7 Å². The molecule has 1 atom stereocenters. The van der Waals surface area contributed by atoms with Gasteiger partial charge in [-0.1, -0.05) is 28.1 Å². The van der Waals surface area contributed by atoms with Gasteiger partial charge in [0.05, 0.1) is 23.8 Å². The summed E-state index contributed by atoms with van der Waals surface area (Å²) in [6, 6.07) is 13.2. The zero-order chi connectivity index (χ0) is 19.0. The standard InChI is InChI=1S/C19H16BrN3O3S/c1-26-15-6-5-11(7-14(15)24)18-17-19(22-16(25)9-27-18)21-10-23(17)13-4-2-3-12(20)8-13/h2-8,10,18,24H,9H2,1H3,(H,22,25). The number of carbonyl (C=O) groups excluding carboxylic acids is 1. The molecule has 6 nitrogen and oxygen atoms in total. The van der Waals surface area contributed by atoms with Crippen molar-refractivity contribution in [2.24, 2.45) is 0 Å². The van der Waals surface area contributed by atoms with Gasteiger partial charge in [0.25, 0.3) is 0 Å².